The Hall–Kier alpha value is -3.14. The Morgan fingerprint density at radius 1 is 0.771 bits per heavy atom. The van der Waals surface area contributed by atoms with Crippen molar-refractivity contribution >= 4 is 11.9 Å². The summed E-state index contributed by atoms with van der Waals surface area (Å²) >= 11 is 0. The molecule has 0 aromatic carbocycles. The zero-order valence-corrected chi connectivity index (χ0v) is 32.2. The average molecular weight is 657 g/mol. The first-order valence-electron chi connectivity index (χ1n) is 18.1. The molecule has 0 radical (unpaired) electrons. The molecule has 264 valence electrons. The second kappa shape index (κ2) is 16.5. The van der Waals surface area contributed by atoms with Crippen LogP contribution in [0.15, 0.2) is 93.7 Å². The lowest BCUT2D eigenvalue weighted by Gasteiger charge is -2.47. The van der Waals surface area contributed by atoms with Gasteiger partial charge in [-0.25, -0.2) is 0 Å². The van der Waals surface area contributed by atoms with Crippen molar-refractivity contribution in [1.29, 1.82) is 0 Å². The number of ether oxygens (including phenoxy) is 2. The van der Waals surface area contributed by atoms with E-state index in [0.717, 1.165) is 12.0 Å². The summed E-state index contributed by atoms with van der Waals surface area (Å²) in [5.41, 5.74) is 9.37. The van der Waals surface area contributed by atoms with Gasteiger partial charge in [0.25, 0.3) is 0 Å². The van der Waals surface area contributed by atoms with Gasteiger partial charge in [0.05, 0.1) is 13.2 Å². The number of rotatable bonds is 11. The van der Waals surface area contributed by atoms with Crippen molar-refractivity contribution in [2.24, 2.45) is 34.0 Å². The SMILES string of the molecule is CC(=O)OCC1C(C)=CC(C=C(C)C=CC2=C(C)CCCC2(C)C)C(C)(C=CC=C(C)C=CC2=C(C)CCCC2(C)C)C1COC(C)=O. The van der Waals surface area contributed by atoms with E-state index < -0.39 is 5.41 Å². The second-order valence-corrected chi connectivity index (χ2v) is 16.3. The van der Waals surface area contributed by atoms with Crippen LogP contribution in [0.25, 0.3) is 0 Å². The molecule has 0 N–H and O–H groups in total. The summed E-state index contributed by atoms with van der Waals surface area (Å²) < 4.78 is 11.3. The minimum absolute atomic E-state index is 0.0436. The number of carbonyl (C=O) groups is 2. The highest BCUT2D eigenvalue weighted by Gasteiger charge is 2.46. The Morgan fingerprint density at radius 2 is 1.27 bits per heavy atom. The zero-order valence-electron chi connectivity index (χ0n) is 32.2. The molecule has 4 unspecified atom stereocenters. The molecule has 0 fully saturated rings. The highest BCUT2D eigenvalue weighted by Crippen LogP contribution is 2.50. The van der Waals surface area contributed by atoms with Gasteiger partial charge in [-0.1, -0.05) is 117 Å². The second-order valence-electron chi connectivity index (χ2n) is 16.3. The van der Waals surface area contributed by atoms with Crippen LogP contribution in [0.4, 0.5) is 0 Å². The maximum atomic E-state index is 12.1. The van der Waals surface area contributed by atoms with Gasteiger partial charge in [0, 0.05) is 37.0 Å². The molecule has 0 saturated carbocycles. The largest absolute Gasteiger partial charge is 0.466 e. The lowest BCUT2D eigenvalue weighted by Crippen LogP contribution is -2.45. The molecule has 3 aliphatic rings. The van der Waals surface area contributed by atoms with E-state index in [4.69, 9.17) is 9.47 Å². The monoisotopic (exact) mass is 656 g/mol. The van der Waals surface area contributed by atoms with Gasteiger partial charge in [-0.2, -0.15) is 0 Å². The van der Waals surface area contributed by atoms with E-state index in [2.05, 4.69) is 124 Å². The molecule has 0 heterocycles. The standard InChI is InChI=1S/C44H64O4/c1-30(19-21-39-32(3)17-14-23-42(39,8)9)16-13-25-44(12)37(26-31(2)20-22-40-33(4)18-15-24-43(40,10)11)27-34(5)38(28-47-35(6)45)41(44)29-48-36(7)46/h13,16,19-22,25-27,37-38,41H,14-15,17-18,23-24,28-29H2,1-12H3. The fraction of sp³-hybridized carbons (Fsp3) is 0.591. The molecule has 0 aromatic rings. The maximum absolute atomic E-state index is 12.1. The van der Waals surface area contributed by atoms with Crippen molar-refractivity contribution in [2.75, 3.05) is 13.2 Å². The molecule has 3 aliphatic carbocycles. The minimum Gasteiger partial charge on any atom is -0.466 e. The van der Waals surface area contributed by atoms with Gasteiger partial charge in [0.2, 0.25) is 0 Å². The van der Waals surface area contributed by atoms with Gasteiger partial charge in [0.1, 0.15) is 0 Å². The Balaban J connectivity index is 2.05. The molecule has 0 saturated heterocycles. The molecular formula is C44H64O4. The number of esters is 2. The third kappa shape index (κ3) is 10.2. The molecule has 48 heavy (non-hydrogen) atoms. The Labute approximate surface area is 292 Å². The van der Waals surface area contributed by atoms with E-state index in [1.165, 1.54) is 79.4 Å². The van der Waals surface area contributed by atoms with Gasteiger partial charge in [-0.3, -0.25) is 9.59 Å². The van der Waals surface area contributed by atoms with Crippen LogP contribution in [0.2, 0.25) is 0 Å². The smallest absolute Gasteiger partial charge is 0.302 e. The fourth-order valence-electron chi connectivity index (χ4n) is 8.26. The molecule has 4 atom stereocenters. The molecule has 0 spiro atoms. The highest BCUT2D eigenvalue weighted by atomic mass is 16.5. The van der Waals surface area contributed by atoms with Gasteiger partial charge in [-0.15, -0.1) is 0 Å². The Bertz CT molecular complexity index is 1450. The summed E-state index contributed by atoms with van der Waals surface area (Å²) in [6.45, 7) is 26.1. The normalized spacial score (nSPS) is 28.4. The molecule has 4 heteroatoms. The predicted molar refractivity (Wildman–Crippen MR) is 201 cm³/mol. The van der Waals surface area contributed by atoms with Crippen molar-refractivity contribution in [3.8, 4) is 0 Å². The molecule has 0 bridgehead atoms. The van der Waals surface area contributed by atoms with Crippen LogP contribution >= 0.6 is 0 Å². The number of hydrogen-bond acceptors (Lipinski definition) is 4. The molecule has 0 amide bonds. The predicted octanol–water partition coefficient (Wildman–Crippen LogP) is 11.5. The van der Waals surface area contributed by atoms with Crippen molar-refractivity contribution in [2.45, 2.75) is 122 Å². The fourth-order valence-corrected chi connectivity index (χ4v) is 8.26. The average Bonchev–Trinajstić information content (AvgIpc) is 2.96. The number of hydrogen-bond donors (Lipinski definition) is 0. The highest BCUT2D eigenvalue weighted by molar-refractivity contribution is 5.66. The molecule has 0 aliphatic heterocycles. The summed E-state index contributed by atoms with van der Waals surface area (Å²) in [4.78, 5) is 24.0. The van der Waals surface area contributed by atoms with Crippen LogP contribution < -0.4 is 0 Å². The third-order valence-electron chi connectivity index (χ3n) is 11.3. The van der Waals surface area contributed by atoms with Crippen LogP contribution in [0.5, 0.6) is 0 Å². The summed E-state index contributed by atoms with van der Waals surface area (Å²) in [6, 6.07) is 0. The van der Waals surface area contributed by atoms with Crippen LogP contribution in [0, 0.1) is 34.0 Å². The van der Waals surface area contributed by atoms with Gasteiger partial charge in [0.15, 0.2) is 0 Å². The summed E-state index contributed by atoms with van der Waals surface area (Å²) in [7, 11) is 0. The van der Waals surface area contributed by atoms with Crippen molar-refractivity contribution in [3.63, 3.8) is 0 Å². The lowest BCUT2D eigenvalue weighted by atomic mass is 9.58. The van der Waals surface area contributed by atoms with E-state index in [9.17, 15) is 9.59 Å². The van der Waals surface area contributed by atoms with Gasteiger partial charge in [-0.05, 0) is 95.1 Å². The van der Waals surface area contributed by atoms with E-state index >= 15 is 0 Å². The molecule has 0 aromatic heterocycles. The van der Waals surface area contributed by atoms with Crippen molar-refractivity contribution in [1.82, 2.24) is 0 Å². The summed E-state index contributed by atoms with van der Waals surface area (Å²) in [5, 5.41) is 0. The van der Waals surface area contributed by atoms with Crippen LogP contribution in [0.1, 0.15) is 122 Å². The molecular weight excluding hydrogens is 592 g/mol. The molecule has 3 rings (SSSR count). The van der Waals surface area contributed by atoms with E-state index in [1.54, 1.807) is 0 Å². The Morgan fingerprint density at radius 3 is 1.77 bits per heavy atom. The number of allylic oxidation sites excluding steroid dienone is 15. The minimum atomic E-state index is -0.418. The first kappa shape index (κ1) is 39.3. The zero-order chi connectivity index (χ0) is 35.9. The van der Waals surface area contributed by atoms with E-state index in [0.29, 0.717) is 0 Å². The van der Waals surface area contributed by atoms with Crippen LogP contribution in [-0.2, 0) is 19.1 Å². The molecule has 4 nitrogen and oxygen atoms in total. The van der Waals surface area contributed by atoms with Crippen LogP contribution in [0.3, 0.4) is 0 Å². The summed E-state index contributed by atoms with van der Waals surface area (Å²) in [6.07, 6.45) is 27.7. The first-order valence-corrected chi connectivity index (χ1v) is 18.1. The Kier molecular flexibility index (Phi) is 13.5. The van der Waals surface area contributed by atoms with Crippen LogP contribution in [-0.4, -0.2) is 25.2 Å². The summed E-state index contributed by atoms with van der Waals surface area (Å²) in [5.74, 6) is -0.737. The first-order chi connectivity index (χ1) is 22.4. The van der Waals surface area contributed by atoms with Gasteiger partial charge < -0.3 is 9.47 Å². The quantitative estimate of drug-likeness (QED) is 0.126. The topological polar surface area (TPSA) is 52.6 Å². The third-order valence-corrected chi connectivity index (χ3v) is 11.3. The van der Waals surface area contributed by atoms with Crippen molar-refractivity contribution in [3.05, 3.63) is 93.7 Å². The van der Waals surface area contributed by atoms with Gasteiger partial charge >= 0.3 is 11.9 Å². The van der Waals surface area contributed by atoms with E-state index in [1.807, 2.05) is 0 Å². The lowest BCUT2D eigenvalue weighted by molar-refractivity contribution is -0.148. The maximum Gasteiger partial charge on any atom is 0.302 e. The van der Waals surface area contributed by atoms with E-state index in [-0.39, 0.29) is 53.7 Å². The number of carbonyl (C=O) groups excluding carboxylic acids is 2. The van der Waals surface area contributed by atoms with Crippen molar-refractivity contribution < 1.29 is 19.1 Å².